The first-order valence-corrected chi connectivity index (χ1v) is 6.10. The maximum absolute atomic E-state index is 4.91. The average Bonchev–Trinajstić information content (AvgIpc) is 2.57. The molecule has 22 N–H and O–H groups in total. The van der Waals surface area contributed by atoms with Gasteiger partial charge in [0, 0.05) is 6.54 Å². The second-order valence-electron chi connectivity index (χ2n) is 2.92. The van der Waals surface area contributed by atoms with Crippen LogP contribution < -0.4 is 116 Å². The van der Waals surface area contributed by atoms with Crippen molar-refractivity contribution in [1.82, 2.24) is 111 Å². The topological polar surface area (TPSA) is 267 Å². The lowest BCUT2D eigenvalue weighted by Crippen LogP contribution is -2.69. The summed E-state index contributed by atoms with van der Waals surface area (Å²) in [5.41, 5.74) is 49.9. The van der Waals surface area contributed by atoms with Crippen LogP contribution >= 0.6 is 0 Å². The van der Waals surface area contributed by atoms with E-state index in [2.05, 4.69) is 111 Å². The van der Waals surface area contributed by atoms with Crippen molar-refractivity contribution in [3.8, 4) is 0 Å². The monoisotopic (exact) mass is 345 g/mol. The molecule has 21 nitrogen and oxygen atoms in total. The van der Waals surface area contributed by atoms with E-state index in [0.717, 1.165) is 6.54 Å². The van der Waals surface area contributed by atoms with Gasteiger partial charge in [-0.25, -0.2) is 5.43 Å². The highest BCUT2D eigenvalue weighted by Crippen LogP contribution is 1.38. The first-order chi connectivity index (χ1) is 11.4. The molecular weight excluding hydrogens is 318 g/mol. The van der Waals surface area contributed by atoms with Crippen LogP contribution in [0.1, 0.15) is 6.92 Å². The molecular formula is C2H27N21. The quantitative estimate of drug-likeness (QED) is 0.0553. The molecule has 0 amide bonds. The molecule has 0 rings (SSSR count). The van der Waals surface area contributed by atoms with E-state index in [9.17, 15) is 0 Å². The smallest absolute Gasteiger partial charge is 0.00850 e. The Bertz CT molecular complexity index is 174. The Hall–Kier alpha value is -0.840. The highest BCUT2D eigenvalue weighted by molar-refractivity contribution is 4.21. The van der Waals surface area contributed by atoms with Gasteiger partial charge in [-0.3, -0.25) is 5.84 Å². The van der Waals surface area contributed by atoms with Gasteiger partial charge in [0.25, 0.3) is 0 Å². The van der Waals surface area contributed by atoms with Gasteiger partial charge in [-0.2, -0.15) is 105 Å². The second-order valence-corrected chi connectivity index (χ2v) is 2.92. The minimum Gasteiger partial charge on any atom is -0.257 e. The molecule has 0 aromatic heterocycles. The van der Waals surface area contributed by atoms with Crippen LogP contribution in [0, 0.1) is 0 Å². The molecule has 0 aliphatic heterocycles. The van der Waals surface area contributed by atoms with Gasteiger partial charge in [0.15, 0.2) is 0 Å². The van der Waals surface area contributed by atoms with Crippen molar-refractivity contribution in [3.63, 3.8) is 0 Å². The highest BCUT2D eigenvalue weighted by Gasteiger charge is 1.84. The van der Waals surface area contributed by atoms with Gasteiger partial charge in [0.1, 0.15) is 0 Å². The molecule has 0 fully saturated rings. The van der Waals surface area contributed by atoms with Gasteiger partial charge in [-0.15, -0.1) is 0 Å². The van der Waals surface area contributed by atoms with Crippen molar-refractivity contribution in [3.05, 3.63) is 0 Å². The number of nitrogens with one attached hydrogen (secondary N) is 20. The molecule has 0 aliphatic carbocycles. The molecule has 0 spiro atoms. The molecule has 0 aliphatic rings. The summed E-state index contributed by atoms with van der Waals surface area (Å²) in [4.78, 5) is 0. The van der Waals surface area contributed by atoms with Crippen LogP contribution in [0.5, 0.6) is 0 Å². The summed E-state index contributed by atoms with van der Waals surface area (Å²) in [5, 5.41) is 0. The van der Waals surface area contributed by atoms with E-state index in [1.54, 1.807) is 0 Å². The lowest BCUT2D eigenvalue weighted by Gasteiger charge is -2.15. The zero-order valence-electron chi connectivity index (χ0n) is 12.3. The SMILES string of the molecule is CCNNNNNNNNNNNNNNNNNNNNN. The van der Waals surface area contributed by atoms with Gasteiger partial charge < -0.3 is 0 Å². The molecule has 0 unspecified atom stereocenters. The van der Waals surface area contributed by atoms with Gasteiger partial charge in [-0.1, -0.05) is 6.92 Å². The molecule has 0 aromatic carbocycles. The molecule has 0 heterocycles. The number of hydrogen-bond donors (Lipinski definition) is 21. The second kappa shape index (κ2) is 21.2. The lowest BCUT2D eigenvalue weighted by atomic mass is 10.8. The Morgan fingerprint density at radius 2 is 0.696 bits per heavy atom. The fourth-order valence-corrected chi connectivity index (χ4v) is 0.669. The number of nitrogens with two attached hydrogens (primary N) is 1. The van der Waals surface area contributed by atoms with Crippen LogP contribution in [0.2, 0.25) is 0 Å². The zero-order chi connectivity index (χ0) is 16.8. The maximum atomic E-state index is 4.91. The highest BCUT2D eigenvalue weighted by atomic mass is 16.0. The predicted octanol–water partition coefficient (Wildman–Crippen LogP) is -9.94. The maximum Gasteiger partial charge on any atom is 0.00850 e. The van der Waals surface area contributed by atoms with Gasteiger partial charge in [-0.05, 0) is 0 Å². The normalized spacial score (nSPS) is 11.2. The molecule has 21 heteroatoms. The van der Waals surface area contributed by atoms with Crippen molar-refractivity contribution in [1.29, 1.82) is 0 Å². The molecule has 0 atom stereocenters. The summed E-state index contributed by atoms with van der Waals surface area (Å²) >= 11 is 0. The van der Waals surface area contributed by atoms with Crippen molar-refractivity contribution in [2.24, 2.45) is 5.84 Å². The van der Waals surface area contributed by atoms with Crippen molar-refractivity contribution >= 4 is 0 Å². The van der Waals surface area contributed by atoms with E-state index in [1.165, 1.54) is 0 Å². The van der Waals surface area contributed by atoms with Crippen LogP contribution in [0.4, 0.5) is 0 Å². The van der Waals surface area contributed by atoms with E-state index < -0.39 is 0 Å². The molecule has 0 bridgehead atoms. The summed E-state index contributed by atoms with van der Waals surface area (Å²) in [6.45, 7) is 2.72. The minimum absolute atomic E-state index is 0.771. The zero-order valence-corrected chi connectivity index (χ0v) is 12.3. The first-order valence-electron chi connectivity index (χ1n) is 6.10. The summed E-state index contributed by atoms with van der Waals surface area (Å²) in [6, 6.07) is 0. The van der Waals surface area contributed by atoms with Gasteiger partial charge in [0.2, 0.25) is 0 Å². The Balaban J connectivity index is 2.92. The van der Waals surface area contributed by atoms with Crippen molar-refractivity contribution in [2.75, 3.05) is 6.54 Å². The summed E-state index contributed by atoms with van der Waals surface area (Å²) in [6.07, 6.45) is 0. The molecule has 0 aromatic rings. The Kier molecular flexibility index (Phi) is 20.4. The van der Waals surface area contributed by atoms with Crippen LogP contribution in [0.25, 0.3) is 0 Å². The fourth-order valence-electron chi connectivity index (χ4n) is 0.669. The third-order valence-electron chi connectivity index (χ3n) is 1.40. The fraction of sp³-hybridized carbons (Fsp3) is 1.00. The van der Waals surface area contributed by atoms with Crippen LogP contribution in [0.15, 0.2) is 0 Å². The number of hydrogen-bond acceptors (Lipinski definition) is 21. The lowest BCUT2D eigenvalue weighted by molar-refractivity contribution is 0.193. The third-order valence-corrected chi connectivity index (χ3v) is 1.40. The van der Waals surface area contributed by atoms with E-state index in [1.807, 2.05) is 6.92 Å². The molecule has 0 saturated heterocycles. The van der Waals surface area contributed by atoms with Crippen molar-refractivity contribution in [2.45, 2.75) is 6.92 Å². The van der Waals surface area contributed by atoms with E-state index in [-0.39, 0.29) is 0 Å². The summed E-state index contributed by atoms with van der Waals surface area (Å²) in [5.74, 6) is 4.91. The van der Waals surface area contributed by atoms with Gasteiger partial charge in [0.05, 0.1) is 0 Å². The van der Waals surface area contributed by atoms with E-state index in [0.29, 0.717) is 0 Å². The van der Waals surface area contributed by atoms with Crippen LogP contribution in [-0.4, -0.2) is 6.54 Å². The predicted molar refractivity (Wildman–Crippen MR) is 77.4 cm³/mol. The third kappa shape index (κ3) is 21.2. The Labute approximate surface area is 131 Å². The largest absolute Gasteiger partial charge is 0.257 e. The molecule has 140 valence electrons. The van der Waals surface area contributed by atoms with Crippen LogP contribution in [0.3, 0.4) is 0 Å². The number of rotatable bonds is 20. The van der Waals surface area contributed by atoms with Crippen LogP contribution in [-0.2, 0) is 0 Å². The Morgan fingerprint density at radius 3 is 0.957 bits per heavy atom. The molecule has 0 saturated carbocycles. The van der Waals surface area contributed by atoms with E-state index in [4.69, 9.17) is 5.84 Å². The Morgan fingerprint density at radius 1 is 0.435 bits per heavy atom. The van der Waals surface area contributed by atoms with Gasteiger partial charge >= 0.3 is 0 Å². The standard InChI is InChI=1S/C2H27N21/c1-2-4-6-8-10-12-14-16-18-20-22-23-21-19-17-15-13-11-9-7-5-3/h4-23H,2-3H2,1H3. The number of hydrazine groups is 20. The molecule has 23 heavy (non-hydrogen) atoms. The van der Waals surface area contributed by atoms with Crippen molar-refractivity contribution < 1.29 is 0 Å². The minimum atomic E-state index is 0.771. The summed E-state index contributed by atoms with van der Waals surface area (Å²) < 4.78 is 0. The molecule has 0 radical (unpaired) electrons. The van der Waals surface area contributed by atoms with E-state index >= 15 is 0 Å². The average molecular weight is 345 g/mol. The summed E-state index contributed by atoms with van der Waals surface area (Å²) in [7, 11) is 0. The first kappa shape index (κ1) is 22.2.